The van der Waals surface area contributed by atoms with E-state index >= 15 is 0 Å². The van der Waals surface area contributed by atoms with Crippen LogP contribution in [0.5, 0.6) is 0 Å². The number of hydrogen-bond donors (Lipinski definition) is 2. The predicted molar refractivity (Wildman–Crippen MR) is 59.3 cm³/mol. The summed E-state index contributed by atoms with van der Waals surface area (Å²) in [4.78, 5) is 0. The molecule has 0 aliphatic rings. The number of hydrazine groups is 1. The van der Waals surface area contributed by atoms with Crippen LogP contribution in [0.3, 0.4) is 0 Å². The van der Waals surface area contributed by atoms with Crippen molar-refractivity contribution >= 4 is 0 Å². The maximum absolute atomic E-state index is 5.36. The SMILES string of the molecule is CC(NN)c1cnn(-c2ccccc2)c1. The van der Waals surface area contributed by atoms with Gasteiger partial charge in [-0.25, -0.2) is 4.68 Å². The fourth-order valence-electron chi connectivity index (χ4n) is 1.38. The Morgan fingerprint density at radius 2 is 2.07 bits per heavy atom. The van der Waals surface area contributed by atoms with Gasteiger partial charge < -0.3 is 0 Å². The Bertz CT molecular complexity index is 421. The Hall–Kier alpha value is -1.65. The van der Waals surface area contributed by atoms with Gasteiger partial charge in [0.25, 0.3) is 0 Å². The molecule has 0 radical (unpaired) electrons. The Kier molecular flexibility index (Phi) is 2.80. The molecule has 1 heterocycles. The lowest BCUT2D eigenvalue weighted by Gasteiger charge is -2.05. The average molecular weight is 202 g/mol. The summed E-state index contributed by atoms with van der Waals surface area (Å²) in [6.45, 7) is 1.99. The molecule has 0 aliphatic heterocycles. The van der Waals surface area contributed by atoms with Gasteiger partial charge in [-0.2, -0.15) is 5.10 Å². The first-order valence-corrected chi connectivity index (χ1v) is 4.87. The number of para-hydroxylation sites is 1. The summed E-state index contributed by atoms with van der Waals surface area (Å²) >= 11 is 0. The van der Waals surface area contributed by atoms with Gasteiger partial charge in [0, 0.05) is 17.8 Å². The number of aromatic nitrogens is 2. The van der Waals surface area contributed by atoms with Crippen LogP contribution >= 0.6 is 0 Å². The zero-order valence-corrected chi connectivity index (χ0v) is 8.59. The van der Waals surface area contributed by atoms with Gasteiger partial charge >= 0.3 is 0 Å². The predicted octanol–water partition coefficient (Wildman–Crippen LogP) is 1.40. The molecule has 2 aromatic rings. The van der Waals surface area contributed by atoms with Crippen LogP contribution in [0, 0.1) is 0 Å². The number of nitrogens with one attached hydrogen (secondary N) is 1. The van der Waals surface area contributed by atoms with E-state index in [0.29, 0.717) is 0 Å². The van der Waals surface area contributed by atoms with Gasteiger partial charge in [0.15, 0.2) is 0 Å². The third kappa shape index (κ3) is 2.06. The van der Waals surface area contributed by atoms with Crippen LogP contribution in [-0.4, -0.2) is 9.78 Å². The van der Waals surface area contributed by atoms with Crippen molar-refractivity contribution in [1.29, 1.82) is 0 Å². The molecule has 0 bridgehead atoms. The summed E-state index contributed by atoms with van der Waals surface area (Å²) < 4.78 is 1.84. The van der Waals surface area contributed by atoms with E-state index in [4.69, 9.17) is 5.84 Å². The van der Waals surface area contributed by atoms with Gasteiger partial charge in [-0.1, -0.05) is 18.2 Å². The van der Waals surface area contributed by atoms with E-state index in [2.05, 4.69) is 10.5 Å². The molecule has 1 atom stereocenters. The maximum atomic E-state index is 5.36. The van der Waals surface area contributed by atoms with Crippen molar-refractivity contribution in [3.63, 3.8) is 0 Å². The highest BCUT2D eigenvalue weighted by molar-refractivity contribution is 5.31. The van der Waals surface area contributed by atoms with E-state index in [0.717, 1.165) is 11.3 Å². The lowest BCUT2D eigenvalue weighted by atomic mass is 10.2. The Morgan fingerprint density at radius 1 is 1.33 bits per heavy atom. The van der Waals surface area contributed by atoms with Crippen LogP contribution in [0.15, 0.2) is 42.7 Å². The second-order valence-electron chi connectivity index (χ2n) is 3.44. The number of nitrogens with zero attached hydrogens (tertiary/aromatic N) is 2. The topological polar surface area (TPSA) is 55.9 Å². The molecular formula is C11H14N4. The van der Waals surface area contributed by atoms with Crippen LogP contribution in [0.4, 0.5) is 0 Å². The molecule has 3 N–H and O–H groups in total. The van der Waals surface area contributed by atoms with Gasteiger partial charge in [-0.3, -0.25) is 11.3 Å². The van der Waals surface area contributed by atoms with E-state index in [1.54, 1.807) is 0 Å². The van der Waals surface area contributed by atoms with Crippen molar-refractivity contribution in [2.24, 2.45) is 5.84 Å². The molecule has 1 aromatic carbocycles. The van der Waals surface area contributed by atoms with Crippen LogP contribution in [-0.2, 0) is 0 Å². The first-order chi connectivity index (χ1) is 7.31. The molecular weight excluding hydrogens is 188 g/mol. The second kappa shape index (κ2) is 4.25. The summed E-state index contributed by atoms with van der Waals surface area (Å²) in [5.74, 6) is 5.36. The Labute approximate surface area is 88.7 Å². The van der Waals surface area contributed by atoms with Crippen LogP contribution in [0.25, 0.3) is 5.69 Å². The maximum Gasteiger partial charge on any atom is 0.0645 e. The van der Waals surface area contributed by atoms with Crippen molar-refractivity contribution in [1.82, 2.24) is 15.2 Å². The molecule has 0 saturated heterocycles. The number of benzene rings is 1. The van der Waals surface area contributed by atoms with Crippen LogP contribution in [0.2, 0.25) is 0 Å². The van der Waals surface area contributed by atoms with Crippen LogP contribution < -0.4 is 11.3 Å². The summed E-state index contributed by atoms with van der Waals surface area (Å²) in [6, 6.07) is 10.1. The number of nitrogens with two attached hydrogens (primary N) is 1. The first-order valence-electron chi connectivity index (χ1n) is 4.87. The monoisotopic (exact) mass is 202 g/mol. The fraction of sp³-hybridized carbons (Fsp3) is 0.182. The highest BCUT2D eigenvalue weighted by atomic mass is 15.3. The normalized spacial score (nSPS) is 12.7. The molecule has 2 rings (SSSR count). The quantitative estimate of drug-likeness (QED) is 0.584. The molecule has 4 heteroatoms. The number of rotatable bonds is 3. The van der Waals surface area contributed by atoms with Gasteiger partial charge in [0.1, 0.15) is 0 Å². The molecule has 0 fully saturated rings. The van der Waals surface area contributed by atoms with Crippen LogP contribution in [0.1, 0.15) is 18.5 Å². The molecule has 15 heavy (non-hydrogen) atoms. The van der Waals surface area contributed by atoms with Crippen molar-refractivity contribution < 1.29 is 0 Å². The number of hydrogen-bond acceptors (Lipinski definition) is 3. The molecule has 1 aromatic heterocycles. The van der Waals surface area contributed by atoms with E-state index in [1.807, 2.05) is 54.3 Å². The third-order valence-corrected chi connectivity index (χ3v) is 2.37. The molecule has 0 spiro atoms. The minimum absolute atomic E-state index is 0.113. The van der Waals surface area contributed by atoms with E-state index in [1.165, 1.54) is 0 Å². The van der Waals surface area contributed by atoms with E-state index in [9.17, 15) is 0 Å². The summed E-state index contributed by atoms with van der Waals surface area (Å²) in [5.41, 5.74) is 4.81. The minimum atomic E-state index is 0.113. The molecule has 4 nitrogen and oxygen atoms in total. The van der Waals surface area contributed by atoms with Crippen molar-refractivity contribution in [3.05, 3.63) is 48.3 Å². The zero-order valence-electron chi connectivity index (χ0n) is 8.59. The lowest BCUT2D eigenvalue weighted by molar-refractivity contribution is 0.602. The highest BCUT2D eigenvalue weighted by Crippen LogP contribution is 2.12. The zero-order chi connectivity index (χ0) is 10.7. The summed E-state index contributed by atoms with van der Waals surface area (Å²) in [7, 11) is 0. The smallest absolute Gasteiger partial charge is 0.0645 e. The molecule has 0 amide bonds. The standard InChI is InChI=1S/C11H14N4/c1-9(14-12)10-7-13-15(8-10)11-5-3-2-4-6-11/h2-9,14H,12H2,1H3. The van der Waals surface area contributed by atoms with Crippen molar-refractivity contribution in [3.8, 4) is 5.69 Å². The minimum Gasteiger partial charge on any atom is -0.271 e. The Balaban J connectivity index is 2.28. The molecule has 0 saturated carbocycles. The molecule has 78 valence electrons. The van der Waals surface area contributed by atoms with Gasteiger partial charge in [0.2, 0.25) is 0 Å². The summed E-state index contributed by atoms with van der Waals surface area (Å²) in [5, 5.41) is 4.28. The van der Waals surface area contributed by atoms with Gasteiger partial charge in [-0.15, -0.1) is 0 Å². The highest BCUT2D eigenvalue weighted by Gasteiger charge is 2.06. The molecule has 1 unspecified atom stereocenters. The fourth-order valence-corrected chi connectivity index (χ4v) is 1.38. The molecule has 0 aliphatic carbocycles. The Morgan fingerprint density at radius 3 is 2.73 bits per heavy atom. The van der Waals surface area contributed by atoms with E-state index < -0.39 is 0 Å². The second-order valence-corrected chi connectivity index (χ2v) is 3.44. The van der Waals surface area contributed by atoms with Gasteiger partial charge in [-0.05, 0) is 19.1 Å². The first kappa shape index (κ1) is 9.89. The third-order valence-electron chi connectivity index (χ3n) is 2.37. The van der Waals surface area contributed by atoms with Crippen molar-refractivity contribution in [2.75, 3.05) is 0 Å². The van der Waals surface area contributed by atoms with Crippen molar-refractivity contribution in [2.45, 2.75) is 13.0 Å². The summed E-state index contributed by atoms with van der Waals surface area (Å²) in [6.07, 6.45) is 3.79. The largest absolute Gasteiger partial charge is 0.271 e. The van der Waals surface area contributed by atoms with Gasteiger partial charge in [0.05, 0.1) is 11.9 Å². The van der Waals surface area contributed by atoms with E-state index in [-0.39, 0.29) is 6.04 Å². The average Bonchev–Trinajstić information content (AvgIpc) is 2.78. The lowest BCUT2D eigenvalue weighted by Crippen LogP contribution is -2.25.